The number of carbonyl (C=O) groups is 1. The van der Waals surface area contributed by atoms with Gasteiger partial charge in [-0.3, -0.25) is 19.5 Å². The first-order valence-corrected chi connectivity index (χ1v) is 15.8. The molecule has 0 unspecified atom stereocenters. The molecule has 0 radical (unpaired) electrons. The van der Waals surface area contributed by atoms with Crippen LogP contribution in [0.3, 0.4) is 0 Å². The van der Waals surface area contributed by atoms with Crippen LogP contribution in [0.5, 0.6) is 11.5 Å². The Morgan fingerprint density at radius 3 is 2.49 bits per heavy atom. The van der Waals surface area contributed by atoms with Gasteiger partial charge >= 0.3 is 0 Å². The molecule has 43 heavy (non-hydrogen) atoms. The number of halogens is 1. The van der Waals surface area contributed by atoms with Crippen molar-refractivity contribution in [3.8, 4) is 11.5 Å². The Balaban J connectivity index is 1.20. The van der Waals surface area contributed by atoms with Crippen LogP contribution in [0, 0.1) is 11.7 Å². The van der Waals surface area contributed by atoms with Gasteiger partial charge in [-0.25, -0.2) is 4.39 Å². The molecular weight excluding hydrogens is 549 g/mol. The van der Waals surface area contributed by atoms with Gasteiger partial charge in [0.1, 0.15) is 5.82 Å². The molecule has 3 aliphatic heterocycles. The van der Waals surface area contributed by atoms with Crippen molar-refractivity contribution in [3.05, 3.63) is 53.8 Å². The van der Waals surface area contributed by atoms with Crippen LogP contribution in [0.4, 0.5) is 10.1 Å². The molecule has 2 aromatic rings. The molecule has 3 fully saturated rings. The van der Waals surface area contributed by atoms with Crippen molar-refractivity contribution in [2.75, 3.05) is 97.8 Å². The zero-order valence-corrected chi connectivity index (χ0v) is 25.8. The number of piperidine rings is 1. The Morgan fingerprint density at radius 1 is 0.953 bits per heavy atom. The van der Waals surface area contributed by atoms with Crippen molar-refractivity contribution in [3.63, 3.8) is 0 Å². The van der Waals surface area contributed by atoms with E-state index in [1.807, 2.05) is 24.3 Å². The monoisotopic (exact) mass is 597 g/mol. The molecule has 5 rings (SSSR count). The number of methoxy groups -OCH3 is 2. The van der Waals surface area contributed by atoms with E-state index in [4.69, 9.17) is 14.2 Å². The Labute approximate surface area is 255 Å². The molecule has 0 aromatic heterocycles. The summed E-state index contributed by atoms with van der Waals surface area (Å²) in [6.45, 7) is 11.0. The van der Waals surface area contributed by atoms with E-state index in [0.717, 1.165) is 109 Å². The number of morpholine rings is 1. The van der Waals surface area contributed by atoms with Gasteiger partial charge in [0.25, 0.3) is 0 Å². The van der Waals surface area contributed by atoms with E-state index in [2.05, 4.69) is 31.0 Å². The quantitative estimate of drug-likeness (QED) is 0.401. The van der Waals surface area contributed by atoms with E-state index in [0.29, 0.717) is 30.6 Å². The lowest BCUT2D eigenvalue weighted by Crippen LogP contribution is -2.57. The number of para-hydroxylation sites is 2. The van der Waals surface area contributed by atoms with Crippen LogP contribution < -0.4 is 19.7 Å². The first-order chi connectivity index (χ1) is 21.1. The van der Waals surface area contributed by atoms with E-state index < -0.39 is 0 Å². The highest BCUT2D eigenvalue weighted by atomic mass is 19.1. The Bertz CT molecular complexity index is 1170. The normalized spacial score (nSPS) is 22.3. The zero-order valence-electron chi connectivity index (χ0n) is 25.8. The van der Waals surface area contributed by atoms with Gasteiger partial charge in [-0.2, -0.15) is 0 Å². The molecule has 10 heteroatoms. The Morgan fingerprint density at radius 2 is 1.74 bits per heavy atom. The number of carbonyl (C=O) groups excluding carboxylic acids is 1. The van der Waals surface area contributed by atoms with E-state index >= 15 is 0 Å². The minimum Gasteiger partial charge on any atom is -0.493 e. The average Bonchev–Trinajstić information content (AvgIpc) is 3.04. The maximum absolute atomic E-state index is 14.5. The summed E-state index contributed by atoms with van der Waals surface area (Å²) in [5.74, 6) is 1.86. The summed E-state index contributed by atoms with van der Waals surface area (Å²) in [5.41, 5.74) is 1.80. The number of anilines is 1. The number of likely N-dealkylation sites (tertiary alicyclic amines) is 1. The highest BCUT2D eigenvalue weighted by molar-refractivity contribution is 5.75. The van der Waals surface area contributed by atoms with Gasteiger partial charge in [0.2, 0.25) is 5.91 Å². The molecule has 3 heterocycles. The fraction of sp³-hybridized carbons (Fsp3) is 0.606. The lowest BCUT2D eigenvalue weighted by Gasteiger charge is -2.47. The third-order valence-electron chi connectivity index (χ3n) is 9.23. The number of hydrogen-bond donors (Lipinski definition) is 1. The third-order valence-corrected chi connectivity index (χ3v) is 9.23. The molecule has 1 amide bonds. The van der Waals surface area contributed by atoms with Crippen LogP contribution in [0.15, 0.2) is 42.5 Å². The number of benzene rings is 2. The third kappa shape index (κ3) is 8.38. The molecule has 2 aromatic carbocycles. The van der Waals surface area contributed by atoms with Crippen molar-refractivity contribution < 1.29 is 23.4 Å². The molecule has 3 saturated heterocycles. The fourth-order valence-corrected chi connectivity index (χ4v) is 6.91. The molecule has 0 bridgehead atoms. The lowest BCUT2D eigenvalue weighted by molar-refractivity contribution is -0.121. The van der Waals surface area contributed by atoms with Crippen LogP contribution in [0.25, 0.3) is 0 Å². The summed E-state index contributed by atoms with van der Waals surface area (Å²) in [6, 6.07) is 13.5. The summed E-state index contributed by atoms with van der Waals surface area (Å²) < 4.78 is 31.1. The first kappa shape index (κ1) is 31.5. The molecule has 236 valence electrons. The van der Waals surface area contributed by atoms with Gasteiger partial charge < -0.3 is 24.4 Å². The molecule has 9 nitrogen and oxygen atoms in total. The SMILES string of the molecule is COc1cccc(CN2CC[C@@H](N3CCN(c4ccccc4F)CC3)[C@@H](CCC(=O)NCCN3CCOCC3)C2)c1OC. The van der Waals surface area contributed by atoms with Crippen LogP contribution in [-0.4, -0.2) is 120 Å². The van der Waals surface area contributed by atoms with Gasteiger partial charge in [-0.05, 0) is 43.5 Å². The Hall–Kier alpha value is -2.92. The van der Waals surface area contributed by atoms with E-state index in [1.165, 1.54) is 6.07 Å². The van der Waals surface area contributed by atoms with Gasteiger partial charge in [0.15, 0.2) is 11.5 Å². The van der Waals surface area contributed by atoms with Gasteiger partial charge in [0.05, 0.1) is 33.1 Å². The first-order valence-electron chi connectivity index (χ1n) is 15.8. The number of nitrogens with one attached hydrogen (secondary N) is 1. The summed E-state index contributed by atoms with van der Waals surface area (Å²) in [6.07, 6.45) is 2.40. The van der Waals surface area contributed by atoms with Crippen molar-refractivity contribution >= 4 is 11.6 Å². The van der Waals surface area contributed by atoms with Gasteiger partial charge in [-0.1, -0.05) is 24.3 Å². The van der Waals surface area contributed by atoms with Crippen molar-refractivity contribution in [2.45, 2.75) is 31.8 Å². The second kappa shape index (κ2) is 15.7. The van der Waals surface area contributed by atoms with E-state index in [9.17, 15) is 9.18 Å². The van der Waals surface area contributed by atoms with Crippen LogP contribution in [0.2, 0.25) is 0 Å². The van der Waals surface area contributed by atoms with Crippen LogP contribution in [0.1, 0.15) is 24.8 Å². The second-order valence-corrected chi connectivity index (χ2v) is 11.8. The number of rotatable bonds is 12. The van der Waals surface area contributed by atoms with Crippen LogP contribution in [-0.2, 0) is 16.1 Å². The number of amides is 1. The topological polar surface area (TPSA) is 69.8 Å². The molecule has 0 saturated carbocycles. The summed E-state index contributed by atoms with van der Waals surface area (Å²) in [7, 11) is 3.36. The van der Waals surface area contributed by atoms with Crippen molar-refractivity contribution in [1.82, 2.24) is 20.0 Å². The van der Waals surface area contributed by atoms with Crippen LogP contribution >= 0.6 is 0 Å². The van der Waals surface area contributed by atoms with Crippen molar-refractivity contribution in [2.24, 2.45) is 5.92 Å². The maximum atomic E-state index is 14.5. The van der Waals surface area contributed by atoms with E-state index in [1.54, 1.807) is 20.3 Å². The maximum Gasteiger partial charge on any atom is 0.220 e. The van der Waals surface area contributed by atoms with Gasteiger partial charge in [-0.15, -0.1) is 0 Å². The number of piperazine rings is 1. The predicted octanol–water partition coefficient (Wildman–Crippen LogP) is 3.08. The molecule has 1 N–H and O–H groups in total. The number of nitrogens with zero attached hydrogens (tertiary/aromatic N) is 4. The number of hydrogen-bond acceptors (Lipinski definition) is 8. The summed E-state index contributed by atoms with van der Waals surface area (Å²) >= 11 is 0. The Kier molecular flexibility index (Phi) is 11.5. The highest BCUT2D eigenvalue weighted by Gasteiger charge is 2.35. The summed E-state index contributed by atoms with van der Waals surface area (Å²) in [5, 5.41) is 3.15. The molecule has 2 atom stereocenters. The standard InChI is InChI=1S/C33H48FN5O4/c1-41-31-9-5-6-27(33(31)42-2)25-37-14-12-29(38-16-18-39(19-17-38)30-8-4-3-7-28(30)34)26(24-37)10-11-32(40)35-13-15-36-20-22-43-23-21-36/h3-9,26,29H,10-25H2,1-2H3,(H,35,40)/t26-,29+/m0/s1. The lowest BCUT2D eigenvalue weighted by atomic mass is 9.86. The smallest absolute Gasteiger partial charge is 0.220 e. The number of ether oxygens (including phenoxy) is 3. The second-order valence-electron chi connectivity index (χ2n) is 11.8. The minimum atomic E-state index is -0.158. The molecule has 3 aliphatic rings. The summed E-state index contributed by atoms with van der Waals surface area (Å²) in [4.78, 5) is 22.5. The van der Waals surface area contributed by atoms with Gasteiger partial charge in [0, 0.05) is 83.5 Å². The molecule has 0 spiro atoms. The fourth-order valence-electron chi connectivity index (χ4n) is 6.91. The minimum absolute atomic E-state index is 0.128. The van der Waals surface area contributed by atoms with E-state index in [-0.39, 0.29) is 11.7 Å². The highest BCUT2D eigenvalue weighted by Crippen LogP contribution is 2.34. The predicted molar refractivity (Wildman–Crippen MR) is 166 cm³/mol. The largest absolute Gasteiger partial charge is 0.493 e. The van der Waals surface area contributed by atoms with Crippen molar-refractivity contribution in [1.29, 1.82) is 0 Å². The average molecular weight is 598 g/mol. The molecular formula is C33H48FN5O4. The zero-order chi connectivity index (χ0) is 30.0. The molecule has 0 aliphatic carbocycles.